The van der Waals surface area contributed by atoms with E-state index in [4.69, 9.17) is 4.74 Å². The first kappa shape index (κ1) is 18.9. The van der Waals surface area contributed by atoms with Gasteiger partial charge in [0.05, 0.1) is 19.3 Å². The maximum Gasteiger partial charge on any atom is 0.251 e. The van der Waals surface area contributed by atoms with Crippen LogP contribution in [-0.2, 0) is 4.79 Å². The molecule has 0 saturated carbocycles. The SMILES string of the molecule is COc1ccccc1-c1cccc(C(=O)N[C@@H]2CCN(C(C)=O)C[C@H]2O)c1. The molecular formula is C21H24N2O4. The van der Waals surface area contributed by atoms with E-state index in [1.54, 1.807) is 18.1 Å². The molecule has 142 valence electrons. The standard InChI is InChI=1S/C21H24N2O4/c1-14(24)23-11-10-18(19(25)13-23)22-21(26)16-7-5-6-15(12-16)17-8-3-4-9-20(17)27-2/h3-9,12,18-19,25H,10-11,13H2,1-2H3,(H,22,26)/t18-,19-/m1/s1. The van der Waals surface area contributed by atoms with Gasteiger partial charge in [0.25, 0.3) is 5.91 Å². The number of ether oxygens (including phenoxy) is 1. The van der Waals surface area contributed by atoms with E-state index in [1.165, 1.54) is 6.92 Å². The minimum Gasteiger partial charge on any atom is -0.496 e. The summed E-state index contributed by atoms with van der Waals surface area (Å²) in [5.74, 6) is 0.428. The Morgan fingerprint density at radius 2 is 1.96 bits per heavy atom. The molecule has 1 saturated heterocycles. The van der Waals surface area contributed by atoms with E-state index in [-0.39, 0.29) is 24.4 Å². The lowest BCUT2D eigenvalue weighted by Crippen LogP contribution is -2.55. The van der Waals surface area contributed by atoms with Gasteiger partial charge in [0.1, 0.15) is 5.75 Å². The lowest BCUT2D eigenvalue weighted by atomic mass is 9.99. The van der Waals surface area contributed by atoms with Crippen LogP contribution in [0.5, 0.6) is 5.75 Å². The van der Waals surface area contributed by atoms with Crippen molar-refractivity contribution in [3.8, 4) is 16.9 Å². The van der Waals surface area contributed by atoms with Gasteiger partial charge >= 0.3 is 0 Å². The highest BCUT2D eigenvalue weighted by atomic mass is 16.5. The van der Waals surface area contributed by atoms with Gasteiger partial charge in [-0.2, -0.15) is 0 Å². The summed E-state index contributed by atoms with van der Waals surface area (Å²) in [6.07, 6.45) is -0.248. The van der Waals surface area contributed by atoms with Gasteiger partial charge < -0.3 is 20.1 Å². The second-order valence-corrected chi connectivity index (χ2v) is 6.68. The smallest absolute Gasteiger partial charge is 0.251 e. The molecular weight excluding hydrogens is 344 g/mol. The van der Waals surface area contributed by atoms with Gasteiger partial charge in [-0.1, -0.05) is 30.3 Å². The number of hydrogen-bond donors (Lipinski definition) is 2. The molecule has 3 rings (SSSR count). The summed E-state index contributed by atoms with van der Waals surface area (Å²) >= 11 is 0. The van der Waals surface area contributed by atoms with Crippen molar-refractivity contribution in [2.24, 2.45) is 0 Å². The fourth-order valence-electron chi connectivity index (χ4n) is 3.35. The molecule has 0 unspecified atom stereocenters. The number of nitrogens with zero attached hydrogens (tertiary/aromatic N) is 1. The van der Waals surface area contributed by atoms with E-state index >= 15 is 0 Å². The Labute approximate surface area is 158 Å². The van der Waals surface area contributed by atoms with E-state index in [0.29, 0.717) is 18.5 Å². The van der Waals surface area contributed by atoms with Crippen LogP contribution < -0.4 is 10.1 Å². The summed E-state index contributed by atoms with van der Waals surface area (Å²) in [6.45, 7) is 2.25. The van der Waals surface area contributed by atoms with Gasteiger partial charge in [-0.05, 0) is 30.2 Å². The normalized spacial score (nSPS) is 19.4. The highest BCUT2D eigenvalue weighted by Gasteiger charge is 2.30. The first-order chi connectivity index (χ1) is 13.0. The maximum atomic E-state index is 12.7. The molecule has 2 amide bonds. The molecule has 2 atom stereocenters. The molecule has 1 aliphatic rings. The van der Waals surface area contributed by atoms with Gasteiger partial charge in [-0.25, -0.2) is 0 Å². The molecule has 1 heterocycles. The number of hydrogen-bond acceptors (Lipinski definition) is 4. The second-order valence-electron chi connectivity index (χ2n) is 6.68. The molecule has 0 radical (unpaired) electrons. The number of para-hydroxylation sites is 1. The Morgan fingerprint density at radius 3 is 2.67 bits per heavy atom. The lowest BCUT2D eigenvalue weighted by Gasteiger charge is -2.35. The number of piperidine rings is 1. The minimum atomic E-state index is -0.774. The van der Waals surface area contributed by atoms with Gasteiger partial charge in [-0.15, -0.1) is 0 Å². The Morgan fingerprint density at radius 1 is 1.19 bits per heavy atom. The Hall–Kier alpha value is -2.86. The molecule has 0 bridgehead atoms. The summed E-state index contributed by atoms with van der Waals surface area (Å²) in [5, 5.41) is 13.2. The van der Waals surface area contributed by atoms with Crippen LogP contribution >= 0.6 is 0 Å². The molecule has 2 aromatic rings. The molecule has 6 nitrogen and oxygen atoms in total. The predicted octanol–water partition coefficient (Wildman–Crippen LogP) is 2.07. The van der Waals surface area contributed by atoms with Crippen LogP contribution in [0, 0.1) is 0 Å². The number of β-amino-alcohol motifs (C(OH)–C–C–N with tert-alkyl or cyclic N) is 1. The van der Waals surface area contributed by atoms with Crippen LogP contribution in [-0.4, -0.2) is 54.2 Å². The third-order valence-electron chi connectivity index (χ3n) is 4.89. The van der Waals surface area contributed by atoms with E-state index in [9.17, 15) is 14.7 Å². The number of methoxy groups -OCH3 is 1. The number of carbonyl (C=O) groups is 2. The molecule has 2 N–H and O–H groups in total. The molecule has 1 fully saturated rings. The van der Waals surface area contributed by atoms with Crippen molar-refractivity contribution in [2.45, 2.75) is 25.5 Å². The molecule has 27 heavy (non-hydrogen) atoms. The zero-order valence-electron chi connectivity index (χ0n) is 15.5. The number of aliphatic hydroxyl groups excluding tert-OH is 1. The van der Waals surface area contributed by atoms with Gasteiger partial charge in [0.2, 0.25) is 5.91 Å². The number of nitrogens with one attached hydrogen (secondary N) is 1. The fourth-order valence-corrected chi connectivity index (χ4v) is 3.35. The van der Waals surface area contributed by atoms with Gasteiger partial charge in [-0.3, -0.25) is 9.59 Å². The van der Waals surface area contributed by atoms with Crippen molar-refractivity contribution in [1.29, 1.82) is 0 Å². The molecule has 6 heteroatoms. The summed E-state index contributed by atoms with van der Waals surface area (Å²) in [5.41, 5.74) is 2.30. The largest absolute Gasteiger partial charge is 0.496 e. The van der Waals surface area contributed by atoms with Crippen molar-refractivity contribution in [2.75, 3.05) is 20.2 Å². The van der Waals surface area contributed by atoms with E-state index < -0.39 is 6.10 Å². The van der Waals surface area contributed by atoms with Crippen LogP contribution in [0.3, 0.4) is 0 Å². The van der Waals surface area contributed by atoms with Crippen molar-refractivity contribution < 1.29 is 19.4 Å². The molecule has 0 aliphatic carbocycles. The first-order valence-electron chi connectivity index (χ1n) is 8.97. The average molecular weight is 368 g/mol. The zero-order chi connectivity index (χ0) is 19.4. The summed E-state index contributed by atoms with van der Waals surface area (Å²) in [4.78, 5) is 25.7. The van der Waals surface area contributed by atoms with Crippen molar-refractivity contribution in [3.63, 3.8) is 0 Å². The number of likely N-dealkylation sites (tertiary alicyclic amines) is 1. The minimum absolute atomic E-state index is 0.0664. The second kappa shape index (κ2) is 8.22. The molecule has 0 spiro atoms. The zero-order valence-corrected chi connectivity index (χ0v) is 15.5. The summed E-state index contributed by atoms with van der Waals surface area (Å²) in [6, 6.07) is 14.6. The number of carbonyl (C=O) groups excluding carboxylic acids is 2. The van der Waals surface area contributed by atoms with Crippen molar-refractivity contribution in [3.05, 3.63) is 54.1 Å². The molecule has 1 aliphatic heterocycles. The molecule has 0 aromatic heterocycles. The number of benzene rings is 2. The van der Waals surface area contributed by atoms with E-state index in [0.717, 1.165) is 16.9 Å². The fraction of sp³-hybridized carbons (Fsp3) is 0.333. The van der Waals surface area contributed by atoms with Gasteiger partial charge in [0, 0.05) is 31.1 Å². The molecule has 2 aromatic carbocycles. The van der Waals surface area contributed by atoms with Crippen molar-refractivity contribution >= 4 is 11.8 Å². The lowest BCUT2D eigenvalue weighted by molar-refractivity contribution is -0.132. The van der Waals surface area contributed by atoms with Crippen LogP contribution in [0.4, 0.5) is 0 Å². The third kappa shape index (κ3) is 4.28. The Bertz CT molecular complexity index is 836. The van der Waals surface area contributed by atoms with Crippen LogP contribution in [0.25, 0.3) is 11.1 Å². The Kier molecular flexibility index (Phi) is 5.76. The summed E-state index contributed by atoms with van der Waals surface area (Å²) < 4.78 is 5.40. The highest BCUT2D eigenvalue weighted by molar-refractivity contribution is 5.96. The maximum absolute atomic E-state index is 12.7. The highest BCUT2D eigenvalue weighted by Crippen LogP contribution is 2.30. The number of rotatable bonds is 4. The van der Waals surface area contributed by atoms with Crippen molar-refractivity contribution in [1.82, 2.24) is 10.2 Å². The van der Waals surface area contributed by atoms with E-state index in [2.05, 4.69) is 5.32 Å². The van der Waals surface area contributed by atoms with Gasteiger partial charge in [0.15, 0.2) is 0 Å². The topological polar surface area (TPSA) is 78.9 Å². The Balaban J connectivity index is 1.74. The van der Waals surface area contributed by atoms with E-state index in [1.807, 2.05) is 42.5 Å². The van der Waals surface area contributed by atoms with Crippen LogP contribution in [0.1, 0.15) is 23.7 Å². The third-order valence-corrected chi connectivity index (χ3v) is 4.89. The monoisotopic (exact) mass is 368 g/mol. The predicted molar refractivity (Wildman–Crippen MR) is 103 cm³/mol. The number of amides is 2. The van der Waals surface area contributed by atoms with Crippen LogP contribution in [0.15, 0.2) is 48.5 Å². The van der Waals surface area contributed by atoms with Crippen LogP contribution in [0.2, 0.25) is 0 Å². The first-order valence-corrected chi connectivity index (χ1v) is 8.97. The quantitative estimate of drug-likeness (QED) is 0.866. The number of aliphatic hydroxyl groups is 1. The summed E-state index contributed by atoms with van der Waals surface area (Å²) in [7, 11) is 1.62. The average Bonchev–Trinajstić information content (AvgIpc) is 2.69.